The fourth-order valence-electron chi connectivity index (χ4n) is 3.09. The molecule has 4 aromatic rings. The maximum Gasteiger partial charge on any atom is 0.251 e. The standard InChI is InChI=1S/C19H18N6O/c1-24-18(8-9-22-24)16-6-7-17(15-5-3-2-4-14(15)16)19(26)21-10-11-25-13-20-12-23-25/h2-9,12-13H,10-11H2,1H3,(H,21,26). The minimum Gasteiger partial charge on any atom is -0.350 e. The summed E-state index contributed by atoms with van der Waals surface area (Å²) in [7, 11) is 1.91. The van der Waals surface area contributed by atoms with Gasteiger partial charge in [0.2, 0.25) is 0 Å². The van der Waals surface area contributed by atoms with Crippen LogP contribution in [0.15, 0.2) is 61.3 Å². The van der Waals surface area contributed by atoms with E-state index >= 15 is 0 Å². The molecule has 130 valence electrons. The first kappa shape index (κ1) is 16.0. The van der Waals surface area contributed by atoms with Crippen LogP contribution in [0.5, 0.6) is 0 Å². The van der Waals surface area contributed by atoms with E-state index in [0.717, 1.165) is 22.0 Å². The molecule has 2 heterocycles. The van der Waals surface area contributed by atoms with Gasteiger partial charge in [0.1, 0.15) is 12.7 Å². The SMILES string of the molecule is Cn1nccc1-c1ccc(C(=O)NCCn2cncn2)c2ccccc12. The number of fused-ring (bicyclic) bond motifs is 1. The minimum atomic E-state index is -0.0992. The summed E-state index contributed by atoms with van der Waals surface area (Å²) in [5, 5.41) is 13.2. The summed E-state index contributed by atoms with van der Waals surface area (Å²) in [6.45, 7) is 1.07. The number of carbonyl (C=O) groups is 1. The van der Waals surface area contributed by atoms with Gasteiger partial charge in [-0.05, 0) is 22.9 Å². The van der Waals surface area contributed by atoms with Crippen molar-refractivity contribution in [3.63, 3.8) is 0 Å². The Bertz CT molecular complexity index is 1050. The lowest BCUT2D eigenvalue weighted by Crippen LogP contribution is -2.27. The molecule has 2 aromatic heterocycles. The van der Waals surface area contributed by atoms with Gasteiger partial charge in [-0.15, -0.1) is 0 Å². The van der Waals surface area contributed by atoms with Gasteiger partial charge in [-0.2, -0.15) is 10.2 Å². The predicted octanol–water partition coefficient (Wildman–Crippen LogP) is 2.26. The molecule has 7 heteroatoms. The monoisotopic (exact) mass is 346 g/mol. The smallest absolute Gasteiger partial charge is 0.251 e. The van der Waals surface area contributed by atoms with Gasteiger partial charge < -0.3 is 5.32 Å². The summed E-state index contributed by atoms with van der Waals surface area (Å²) in [6.07, 6.45) is 4.88. The molecule has 0 unspecified atom stereocenters. The van der Waals surface area contributed by atoms with E-state index in [-0.39, 0.29) is 5.91 Å². The Hall–Kier alpha value is -3.48. The van der Waals surface area contributed by atoms with Crippen LogP contribution in [0.4, 0.5) is 0 Å². The van der Waals surface area contributed by atoms with Crippen LogP contribution in [0.25, 0.3) is 22.0 Å². The first-order valence-electron chi connectivity index (χ1n) is 8.35. The van der Waals surface area contributed by atoms with Crippen molar-refractivity contribution in [3.05, 3.63) is 66.9 Å². The van der Waals surface area contributed by atoms with E-state index < -0.39 is 0 Å². The third-order valence-electron chi connectivity index (χ3n) is 4.36. The molecule has 7 nitrogen and oxygen atoms in total. The Morgan fingerprint density at radius 1 is 1.08 bits per heavy atom. The third kappa shape index (κ3) is 2.95. The molecule has 0 aliphatic rings. The number of benzene rings is 2. The van der Waals surface area contributed by atoms with Crippen molar-refractivity contribution in [1.29, 1.82) is 0 Å². The molecule has 0 saturated heterocycles. The predicted molar refractivity (Wildman–Crippen MR) is 98.5 cm³/mol. The van der Waals surface area contributed by atoms with Gasteiger partial charge in [-0.25, -0.2) is 4.98 Å². The molecule has 0 fully saturated rings. The number of aryl methyl sites for hydroxylation is 1. The Morgan fingerprint density at radius 2 is 1.92 bits per heavy atom. The number of aromatic nitrogens is 5. The lowest BCUT2D eigenvalue weighted by molar-refractivity contribution is 0.0953. The zero-order valence-electron chi connectivity index (χ0n) is 14.3. The molecule has 0 aliphatic carbocycles. The summed E-state index contributed by atoms with van der Waals surface area (Å²) in [5.74, 6) is -0.0992. The largest absolute Gasteiger partial charge is 0.350 e. The topological polar surface area (TPSA) is 77.6 Å². The minimum absolute atomic E-state index is 0.0992. The van der Waals surface area contributed by atoms with E-state index in [1.807, 2.05) is 54.2 Å². The van der Waals surface area contributed by atoms with E-state index in [2.05, 4.69) is 20.5 Å². The molecule has 2 aromatic carbocycles. The summed E-state index contributed by atoms with van der Waals surface area (Å²) >= 11 is 0. The zero-order valence-corrected chi connectivity index (χ0v) is 14.3. The highest BCUT2D eigenvalue weighted by molar-refractivity contribution is 6.10. The average Bonchev–Trinajstić information content (AvgIpc) is 3.32. The van der Waals surface area contributed by atoms with E-state index in [1.54, 1.807) is 17.2 Å². The van der Waals surface area contributed by atoms with Crippen LogP contribution in [-0.2, 0) is 13.6 Å². The molecule has 0 atom stereocenters. The van der Waals surface area contributed by atoms with Crippen LogP contribution >= 0.6 is 0 Å². The Morgan fingerprint density at radius 3 is 2.65 bits per heavy atom. The van der Waals surface area contributed by atoms with Gasteiger partial charge in [0.25, 0.3) is 5.91 Å². The van der Waals surface area contributed by atoms with Crippen molar-refractivity contribution in [2.45, 2.75) is 6.54 Å². The van der Waals surface area contributed by atoms with Gasteiger partial charge in [-0.1, -0.05) is 30.3 Å². The van der Waals surface area contributed by atoms with Crippen molar-refractivity contribution in [2.75, 3.05) is 6.54 Å². The fraction of sp³-hybridized carbons (Fsp3) is 0.158. The number of hydrogen-bond donors (Lipinski definition) is 1. The summed E-state index contributed by atoms with van der Waals surface area (Å²) < 4.78 is 3.52. The maximum absolute atomic E-state index is 12.7. The molecule has 0 saturated carbocycles. The van der Waals surface area contributed by atoms with Crippen molar-refractivity contribution in [2.24, 2.45) is 7.05 Å². The van der Waals surface area contributed by atoms with Crippen LogP contribution in [0.2, 0.25) is 0 Å². The second-order valence-corrected chi connectivity index (χ2v) is 5.96. The van der Waals surface area contributed by atoms with Gasteiger partial charge in [0, 0.05) is 30.9 Å². The van der Waals surface area contributed by atoms with Crippen LogP contribution in [-0.4, -0.2) is 37.0 Å². The summed E-state index contributed by atoms with van der Waals surface area (Å²) in [5.41, 5.74) is 2.73. The first-order valence-corrected chi connectivity index (χ1v) is 8.35. The number of hydrogen-bond acceptors (Lipinski definition) is 4. The normalized spacial score (nSPS) is 11.0. The van der Waals surface area contributed by atoms with E-state index in [0.29, 0.717) is 18.7 Å². The van der Waals surface area contributed by atoms with Crippen LogP contribution in [0.3, 0.4) is 0 Å². The number of rotatable bonds is 5. The van der Waals surface area contributed by atoms with Gasteiger partial charge in [0.15, 0.2) is 0 Å². The molecule has 0 radical (unpaired) electrons. The fourth-order valence-corrected chi connectivity index (χ4v) is 3.09. The number of nitrogens with one attached hydrogen (secondary N) is 1. The van der Waals surface area contributed by atoms with Gasteiger partial charge in [-0.3, -0.25) is 14.2 Å². The maximum atomic E-state index is 12.7. The number of carbonyl (C=O) groups excluding carboxylic acids is 1. The molecule has 1 N–H and O–H groups in total. The van der Waals surface area contributed by atoms with E-state index in [4.69, 9.17) is 0 Å². The Kier molecular flexibility index (Phi) is 4.18. The quantitative estimate of drug-likeness (QED) is 0.601. The number of nitrogens with zero attached hydrogens (tertiary/aromatic N) is 5. The molecule has 26 heavy (non-hydrogen) atoms. The van der Waals surface area contributed by atoms with Crippen molar-refractivity contribution >= 4 is 16.7 Å². The molecule has 0 bridgehead atoms. The summed E-state index contributed by atoms with van der Waals surface area (Å²) in [6, 6.07) is 13.8. The first-order chi connectivity index (χ1) is 12.7. The second kappa shape index (κ2) is 6.79. The zero-order chi connectivity index (χ0) is 17.9. The van der Waals surface area contributed by atoms with Crippen molar-refractivity contribution < 1.29 is 4.79 Å². The van der Waals surface area contributed by atoms with Gasteiger partial charge in [0.05, 0.1) is 12.2 Å². The lowest BCUT2D eigenvalue weighted by Gasteiger charge is -2.12. The van der Waals surface area contributed by atoms with Crippen LogP contribution in [0, 0.1) is 0 Å². The van der Waals surface area contributed by atoms with E-state index in [9.17, 15) is 4.79 Å². The van der Waals surface area contributed by atoms with Crippen LogP contribution in [0.1, 0.15) is 10.4 Å². The van der Waals surface area contributed by atoms with Gasteiger partial charge >= 0.3 is 0 Å². The summed E-state index contributed by atoms with van der Waals surface area (Å²) in [4.78, 5) is 16.6. The molecule has 1 amide bonds. The highest BCUT2D eigenvalue weighted by Crippen LogP contribution is 2.30. The lowest BCUT2D eigenvalue weighted by atomic mass is 9.97. The van der Waals surface area contributed by atoms with Crippen molar-refractivity contribution in [1.82, 2.24) is 29.9 Å². The highest BCUT2D eigenvalue weighted by atomic mass is 16.1. The van der Waals surface area contributed by atoms with E-state index in [1.165, 1.54) is 6.33 Å². The number of amides is 1. The molecule has 0 spiro atoms. The van der Waals surface area contributed by atoms with Crippen LogP contribution < -0.4 is 5.32 Å². The Labute approximate surface area is 150 Å². The second-order valence-electron chi connectivity index (χ2n) is 5.96. The third-order valence-corrected chi connectivity index (χ3v) is 4.36. The molecular weight excluding hydrogens is 328 g/mol. The average molecular weight is 346 g/mol. The highest BCUT2D eigenvalue weighted by Gasteiger charge is 2.14. The molecule has 0 aliphatic heterocycles. The molecule has 4 rings (SSSR count). The van der Waals surface area contributed by atoms with Crippen molar-refractivity contribution in [3.8, 4) is 11.3 Å². The molecular formula is C19H18N6O. The Balaban J connectivity index is 1.64.